The van der Waals surface area contributed by atoms with Crippen molar-refractivity contribution >= 4 is 29.0 Å². The maximum Gasteiger partial charge on any atom is 0.296 e. The molecule has 28 heavy (non-hydrogen) atoms. The van der Waals surface area contributed by atoms with Crippen LogP contribution in [0.3, 0.4) is 0 Å². The molecule has 1 aromatic heterocycles. The molecule has 0 aliphatic heterocycles. The average molecular weight is 399 g/mol. The summed E-state index contributed by atoms with van der Waals surface area (Å²) in [6.07, 6.45) is 1.66. The van der Waals surface area contributed by atoms with Gasteiger partial charge in [0.2, 0.25) is 0 Å². The molecule has 0 saturated carbocycles. The number of hydrogen-bond donors (Lipinski definition) is 2. The Morgan fingerprint density at radius 3 is 2.57 bits per heavy atom. The molecule has 2 aromatic carbocycles. The molecule has 0 saturated heterocycles. The highest BCUT2D eigenvalue weighted by Crippen LogP contribution is 2.32. The van der Waals surface area contributed by atoms with Gasteiger partial charge in [-0.3, -0.25) is 14.3 Å². The maximum absolute atomic E-state index is 12.4. The Hall–Kier alpha value is -3.16. The number of ketones is 1. The first-order chi connectivity index (χ1) is 13.5. The number of anilines is 1. The zero-order valence-corrected chi connectivity index (χ0v) is 15.9. The van der Waals surface area contributed by atoms with Crippen molar-refractivity contribution < 1.29 is 14.3 Å². The molecule has 0 radical (unpaired) electrons. The zero-order valence-electron chi connectivity index (χ0n) is 15.2. The number of amides is 1. The summed E-state index contributed by atoms with van der Waals surface area (Å²) < 4.78 is 7.38. The van der Waals surface area contributed by atoms with Crippen molar-refractivity contribution in [1.29, 1.82) is 0 Å². The van der Waals surface area contributed by atoms with E-state index in [1.165, 1.54) is 12.1 Å². The molecule has 0 fully saturated rings. The normalized spacial score (nSPS) is 10.5. The summed E-state index contributed by atoms with van der Waals surface area (Å²) in [5.74, 6) is -0.785. The third-order valence-electron chi connectivity index (χ3n) is 4.02. The molecular weight excluding hydrogens is 380 g/mol. The number of carbonyl (C=O) groups is 2. The lowest BCUT2D eigenvalue weighted by Crippen LogP contribution is -2.22. The molecule has 1 heterocycles. The van der Waals surface area contributed by atoms with Gasteiger partial charge in [-0.2, -0.15) is 5.10 Å². The number of nitrogens with two attached hydrogens (primary N) is 1. The SMILES string of the molecule is Cn1nccc1-c1cc(NC(=O)C(=O)c2ccc(Cl)cc2)ccc1OCCN. The molecule has 144 valence electrons. The van der Waals surface area contributed by atoms with Gasteiger partial charge in [0, 0.05) is 41.6 Å². The Bertz CT molecular complexity index is 999. The van der Waals surface area contributed by atoms with E-state index in [1.807, 2.05) is 6.07 Å². The predicted octanol–water partition coefficient (Wildman–Crippen LogP) is 2.90. The number of aromatic nitrogens is 2. The lowest BCUT2D eigenvalue weighted by Gasteiger charge is -2.13. The van der Waals surface area contributed by atoms with Gasteiger partial charge in [0.1, 0.15) is 12.4 Å². The number of hydrogen-bond acceptors (Lipinski definition) is 5. The summed E-state index contributed by atoms with van der Waals surface area (Å²) in [5.41, 5.74) is 7.77. The van der Waals surface area contributed by atoms with Crippen LogP contribution in [0, 0.1) is 0 Å². The van der Waals surface area contributed by atoms with E-state index in [4.69, 9.17) is 22.1 Å². The van der Waals surface area contributed by atoms with Crippen molar-refractivity contribution in [1.82, 2.24) is 9.78 Å². The fourth-order valence-electron chi connectivity index (χ4n) is 2.66. The Balaban J connectivity index is 1.86. The number of benzene rings is 2. The van der Waals surface area contributed by atoms with E-state index in [9.17, 15) is 9.59 Å². The predicted molar refractivity (Wildman–Crippen MR) is 108 cm³/mol. The second-order valence-corrected chi connectivity index (χ2v) is 6.41. The van der Waals surface area contributed by atoms with E-state index in [0.29, 0.717) is 29.6 Å². The molecular formula is C20H19ClN4O3. The van der Waals surface area contributed by atoms with Gasteiger partial charge < -0.3 is 15.8 Å². The number of halogens is 1. The van der Waals surface area contributed by atoms with Gasteiger partial charge >= 0.3 is 0 Å². The van der Waals surface area contributed by atoms with Crippen molar-refractivity contribution in [3.63, 3.8) is 0 Å². The first-order valence-electron chi connectivity index (χ1n) is 8.56. The summed E-state index contributed by atoms with van der Waals surface area (Å²) in [6.45, 7) is 0.727. The Morgan fingerprint density at radius 2 is 1.93 bits per heavy atom. The molecule has 3 N–H and O–H groups in total. The van der Waals surface area contributed by atoms with E-state index in [0.717, 1.165) is 11.3 Å². The average Bonchev–Trinajstić information content (AvgIpc) is 3.12. The van der Waals surface area contributed by atoms with E-state index in [-0.39, 0.29) is 5.56 Å². The minimum Gasteiger partial charge on any atom is -0.492 e. The third kappa shape index (κ3) is 4.39. The second kappa shape index (κ2) is 8.69. The van der Waals surface area contributed by atoms with Crippen LogP contribution in [0.15, 0.2) is 54.7 Å². The molecule has 0 spiro atoms. The topological polar surface area (TPSA) is 99.2 Å². The van der Waals surface area contributed by atoms with Gasteiger partial charge in [0.15, 0.2) is 0 Å². The molecule has 8 heteroatoms. The van der Waals surface area contributed by atoms with Crippen LogP contribution in [0.1, 0.15) is 10.4 Å². The monoisotopic (exact) mass is 398 g/mol. The minimum absolute atomic E-state index is 0.261. The fourth-order valence-corrected chi connectivity index (χ4v) is 2.79. The third-order valence-corrected chi connectivity index (χ3v) is 4.27. The smallest absolute Gasteiger partial charge is 0.296 e. The molecule has 7 nitrogen and oxygen atoms in total. The Labute approximate surface area is 167 Å². The van der Waals surface area contributed by atoms with Crippen LogP contribution in [-0.2, 0) is 11.8 Å². The summed E-state index contributed by atoms with van der Waals surface area (Å²) in [7, 11) is 1.80. The highest BCUT2D eigenvalue weighted by Gasteiger charge is 2.18. The van der Waals surface area contributed by atoms with Gasteiger partial charge in [0.05, 0.1) is 5.69 Å². The lowest BCUT2D eigenvalue weighted by molar-refractivity contribution is -0.112. The van der Waals surface area contributed by atoms with E-state index < -0.39 is 11.7 Å². The van der Waals surface area contributed by atoms with Crippen molar-refractivity contribution in [2.75, 3.05) is 18.5 Å². The molecule has 3 rings (SSSR count). The van der Waals surface area contributed by atoms with Crippen molar-refractivity contribution in [2.24, 2.45) is 12.8 Å². The van der Waals surface area contributed by atoms with Crippen LogP contribution < -0.4 is 15.8 Å². The molecule has 0 bridgehead atoms. The van der Waals surface area contributed by atoms with Gasteiger partial charge in [0.25, 0.3) is 11.7 Å². The van der Waals surface area contributed by atoms with Gasteiger partial charge in [-0.25, -0.2) is 0 Å². The van der Waals surface area contributed by atoms with Gasteiger partial charge in [-0.1, -0.05) is 11.6 Å². The number of nitrogens with one attached hydrogen (secondary N) is 1. The number of aryl methyl sites for hydroxylation is 1. The summed E-state index contributed by atoms with van der Waals surface area (Å²) in [6, 6.07) is 13.1. The number of nitrogens with zero attached hydrogens (tertiary/aromatic N) is 2. The molecule has 0 aliphatic carbocycles. The van der Waals surface area contributed by atoms with Crippen LogP contribution in [0.25, 0.3) is 11.3 Å². The summed E-state index contributed by atoms with van der Waals surface area (Å²) in [4.78, 5) is 24.7. The summed E-state index contributed by atoms with van der Waals surface area (Å²) >= 11 is 5.82. The largest absolute Gasteiger partial charge is 0.492 e. The Kier molecular flexibility index (Phi) is 6.08. The number of ether oxygens (including phenoxy) is 1. The van der Waals surface area contributed by atoms with Crippen LogP contribution in [0.5, 0.6) is 5.75 Å². The Morgan fingerprint density at radius 1 is 1.18 bits per heavy atom. The van der Waals surface area contributed by atoms with Crippen molar-refractivity contribution in [3.05, 3.63) is 65.3 Å². The first-order valence-corrected chi connectivity index (χ1v) is 8.94. The standard InChI is InChI=1S/C20H19ClN4O3/c1-25-17(8-10-23-25)16-12-15(6-7-18(16)28-11-9-22)24-20(27)19(26)13-2-4-14(21)5-3-13/h2-8,10,12H,9,11,22H2,1H3,(H,24,27). The molecule has 3 aromatic rings. The van der Waals surface area contributed by atoms with Crippen LogP contribution >= 0.6 is 11.6 Å². The number of Topliss-reactive ketones (excluding diaryl/α,β-unsaturated/α-hetero) is 1. The highest BCUT2D eigenvalue weighted by molar-refractivity contribution is 6.46. The quantitative estimate of drug-likeness (QED) is 0.471. The zero-order chi connectivity index (χ0) is 20.1. The minimum atomic E-state index is -0.742. The van der Waals surface area contributed by atoms with Gasteiger partial charge in [-0.05, 0) is 48.5 Å². The van der Waals surface area contributed by atoms with Crippen LogP contribution in [-0.4, -0.2) is 34.6 Å². The number of carbonyl (C=O) groups excluding carboxylic acids is 2. The van der Waals surface area contributed by atoms with Crippen molar-refractivity contribution in [3.8, 4) is 17.0 Å². The fraction of sp³-hybridized carbons (Fsp3) is 0.150. The molecule has 1 amide bonds. The number of rotatable bonds is 7. The second-order valence-electron chi connectivity index (χ2n) is 5.98. The van der Waals surface area contributed by atoms with Crippen LogP contribution in [0.4, 0.5) is 5.69 Å². The lowest BCUT2D eigenvalue weighted by atomic mass is 10.1. The highest BCUT2D eigenvalue weighted by atomic mass is 35.5. The van der Waals surface area contributed by atoms with E-state index in [1.54, 1.807) is 48.3 Å². The molecule has 0 unspecified atom stereocenters. The van der Waals surface area contributed by atoms with Crippen molar-refractivity contribution in [2.45, 2.75) is 0 Å². The van der Waals surface area contributed by atoms with E-state index in [2.05, 4.69) is 10.4 Å². The van der Waals surface area contributed by atoms with Gasteiger partial charge in [-0.15, -0.1) is 0 Å². The van der Waals surface area contributed by atoms with Crippen LogP contribution in [0.2, 0.25) is 5.02 Å². The van der Waals surface area contributed by atoms with E-state index >= 15 is 0 Å². The maximum atomic E-state index is 12.4. The first kappa shape index (κ1) is 19.6. The summed E-state index contributed by atoms with van der Waals surface area (Å²) in [5, 5.41) is 7.28. The molecule has 0 atom stereocenters. The molecule has 0 aliphatic rings.